The third-order valence-corrected chi connectivity index (χ3v) is 2.39. The highest BCUT2D eigenvalue weighted by Gasteiger charge is 1.99. The quantitative estimate of drug-likeness (QED) is 0.781. The van der Waals surface area contributed by atoms with E-state index >= 15 is 0 Å². The molecule has 1 aromatic rings. The van der Waals surface area contributed by atoms with Crippen LogP contribution in [-0.2, 0) is 4.79 Å². The molecule has 0 aliphatic rings. The van der Waals surface area contributed by atoms with E-state index in [1.165, 1.54) is 0 Å². The van der Waals surface area contributed by atoms with Crippen LogP contribution in [0.3, 0.4) is 0 Å². The van der Waals surface area contributed by atoms with Crippen molar-refractivity contribution in [2.24, 2.45) is 0 Å². The first kappa shape index (κ1) is 12.8. The molecule has 0 radical (unpaired) electrons. The maximum atomic E-state index is 10.8. The van der Waals surface area contributed by atoms with Crippen LogP contribution in [0.15, 0.2) is 24.3 Å². The second kappa shape index (κ2) is 6.33. The average Bonchev–Trinajstić information content (AvgIpc) is 2.24. The fraction of sp³-hybridized carbons (Fsp3) is 0.308. The lowest BCUT2D eigenvalue weighted by molar-refractivity contribution is -0.116. The zero-order chi connectivity index (χ0) is 12.0. The van der Waals surface area contributed by atoms with Crippen LogP contribution >= 0.6 is 11.6 Å². The van der Waals surface area contributed by atoms with Crippen molar-refractivity contribution in [3.05, 3.63) is 34.9 Å². The van der Waals surface area contributed by atoms with Crippen LogP contribution in [0.5, 0.6) is 5.75 Å². The Balaban J connectivity index is 2.71. The molecule has 0 aromatic heterocycles. The second-order valence-corrected chi connectivity index (χ2v) is 3.97. The van der Waals surface area contributed by atoms with Crippen LogP contribution in [0.1, 0.15) is 25.3 Å². The normalized spacial score (nSPS) is 10.7. The highest BCUT2D eigenvalue weighted by Crippen LogP contribution is 2.23. The molecule has 3 heteroatoms. The van der Waals surface area contributed by atoms with Crippen LogP contribution in [0.25, 0.3) is 6.08 Å². The number of methoxy groups -OCH3 is 1. The summed E-state index contributed by atoms with van der Waals surface area (Å²) in [5.41, 5.74) is 0.929. The standard InChI is InChI=1S/C13H15ClO2/c1-10(15)5-3-4-6-11-9-12(14)7-8-13(11)16-2/h4,6-9H,3,5H2,1-2H3/b6-4+. The van der Waals surface area contributed by atoms with Gasteiger partial charge in [0.25, 0.3) is 0 Å². The minimum Gasteiger partial charge on any atom is -0.496 e. The SMILES string of the molecule is COc1ccc(Cl)cc1/C=C/CCC(C)=O. The van der Waals surface area contributed by atoms with Crippen molar-refractivity contribution in [1.29, 1.82) is 0 Å². The van der Waals surface area contributed by atoms with Crippen molar-refractivity contribution in [1.82, 2.24) is 0 Å². The molecule has 0 heterocycles. The number of rotatable bonds is 5. The highest BCUT2D eigenvalue weighted by atomic mass is 35.5. The largest absolute Gasteiger partial charge is 0.496 e. The molecule has 0 atom stereocenters. The van der Waals surface area contributed by atoms with Crippen molar-refractivity contribution >= 4 is 23.5 Å². The van der Waals surface area contributed by atoms with Crippen LogP contribution < -0.4 is 4.74 Å². The number of hydrogen-bond acceptors (Lipinski definition) is 2. The van der Waals surface area contributed by atoms with E-state index in [-0.39, 0.29) is 5.78 Å². The topological polar surface area (TPSA) is 26.3 Å². The fourth-order valence-electron chi connectivity index (χ4n) is 1.33. The van der Waals surface area contributed by atoms with Gasteiger partial charge in [0.1, 0.15) is 11.5 Å². The van der Waals surface area contributed by atoms with E-state index in [4.69, 9.17) is 16.3 Å². The number of carbonyl (C=O) groups excluding carboxylic acids is 1. The molecule has 1 aromatic carbocycles. The average molecular weight is 239 g/mol. The summed E-state index contributed by atoms with van der Waals surface area (Å²) in [6, 6.07) is 5.45. The molecule has 16 heavy (non-hydrogen) atoms. The van der Waals surface area contributed by atoms with Crippen LogP contribution in [-0.4, -0.2) is 12.9 Å². The van der Waals surface area contributed by atoms with Crippen LogP contribution in [0.4, 0.5) is 0 Å². The van der Waals surface area contributed by atoms with E-state index in [0.29, 0.717) is 11.4 Å². The summed E-state index contributed by atoms with van der Waals surface area (Å²) < 4.78 is 5.20. The number of benzene rings is 1. The van der Waals surface area contributed by atoms with Crippen LogP contribution in [0.2, 0.25) is 5.02 Å². The van der Waals surface area contributed by atoms with E-state index in [0.717, 1.165) is 17.7 Å². The molecule has 0 aliphatic heterocycles. The Morgan fingerprint density at radius 1 is 1.50 bits per heavy atom. The fourth-order valence-corrected chi connectivity index (χ4v) is 1.51. The first-order valence-corrected chi connectivity index (χ1v) is 5.51. The summed E-state index contributed by atoms with van der Waals surface area (Å²) in [6.45, 7) is 1.59. The summed E-state index contributed by atoms with van der Waals surface area (Å²) in [6.07, 6.45) is 5.19. The molecule has 0 N–H and O–H groups in total. The zero-order valence-corrected chi connectivity index (χ0v) is 10.3. The van der Waals surface area contributed by atoms with Crippen molar-refractivity contribution in [2.45, 2.75) is 19.8 Å². The van der Waals surface area contributed by atoms with Crippen molar-refractivity contribution in [2.75, 3.05) is 7.11 Å². The molecule has 0 saturated carbocycles. The minimum absolute atomic E-state index is 0.197. The van der Waals surface area contributed by atoms with Gasteiger partial charge < -0.3 is 9.53 Å². The van der Waals surface area contributed by atoms with Gasteiger partial charge in [-0.05, 0) is 31.5 Å². The molecule has 0 amide bonds. The Morgan fingerprint density at radius 3 is 2.88 bits per heavy atom. The van der Waals surface area contributed by atoms with Gasteiger partial charge in [-0.15, -0.1) is 0 Å². The summed E-state index contributed by atoms with van der Waals surface area (Å²) in [5, 5.41) is 0.673. The van der Waals surface area contributed by atoms with Gasteiger partial charge >= 0.3 is 0 Å². The summed E-state index contributed by atoms with van der Waals surface area (Å²) >= 11 is 5.89. The first-order valence-electron chi connectivity index (χ1n) is 5.13. The molecule has 0 unspecified atom stereocenters. The Labute approximate surface area is 101 Å². The Kier molecular flexibility index (Phi) is 5.06. The third-order valence-electron chi connectivity index (χ3n) is 2.15. The molecule has 0 bridgehead atoms. The van der Waals surface area contributed by atoms with Gasteiger partial charge in [0, 0.05) is 17.0 Å². The predicted octanol–water partition coefficient (Wildman–Crippen LogP) is 3.73. The van der Waals surface area contributed by atoms with Crippen molar-refractivity contribution < 1.29 is 9.53 Å². The minimum atomic E-state index is 0.197. The number of allylic oxidation sites excluding steroid dienone is 1. The second-order valence-electron chi connectivity index (χ2n) is 3.53. The Hall–Kier alpha value is -1.28. The van der Waals surface area contributed by atoms with Crippen molar-refractivity contribution in [3.63, 3.8) is 0 Å². The monoisotopic (exact) mass is 238 g/mol. The number of hydrogen-bond donors (Lipinski definition) is 0. The molecule has 0 fully saturated rings. The van der Waals surface area contributed by atoms with Gasteiger partial charge in [-0.25, -0.2) is 0 Å². The van der Waals surface area contributed by atoms with Gasteiger partial charge in [-0.1, -0.05) is 23.8 Å². The number of ether oxygens (including phenoxy) is 1. The van der Waals surface area contributed by atoms with E-state index in [1.54, 1.807) is 20.1 Å². The van der Waals surface area contributed by atoms with E-state index in [1.807, 2.05) is 24.3 Å². The van der Waals surface area contributed by atoms with Gasteiger partial charge in [0.15, 0.2) is 0 Å². The number of carbonyl (C=O) groups is 1. The number of halogens is 1. The molecule has 0 aliphatic carbocycles. The maximum absolute atomic E-state index is 10.8. The molecular weight excluding hydrogens is 224 g/mol. The maximum Gasteiger partial charge on any atom is 0.130 e. The van der Waals surface area contributed by atoms with Gasteiger partial charge in [0.05, 0.1) is 7.11 Å². The lowest BCUT2D eigenvalue weighted by Gasteiger charge is -2.04. The van der Waals surface area contributed by atoms with Gasteiger partial charge in [-0.2, -0.15) is 0 Å². The lowest BCUT2D eigenvalue weighted by atomic mass is 10.1. The lowest BCUT2D eigenvalue weighted by Crippen LogP contribution is -1.88. The zero-order valence-electron chi connectivity index (χ0n) is 9.50. The smallest absolute Gasteiger partial charge is 0.130 e. The molecule has 1 rings (SSSR count). The Bertz CT molecular complexity index is 397. The summed E-state index contributed by atoms with van der Waals surface area (Å²) in [7, 11) is 1.62. The molecular formula is C13H15ClO2. The van der Waals surface area contributed by atoms with E-state index in [9.17, 15) is 4.79 Å². The van der Waals surface area contributed by atoms with Crippen molar-refractivity contribution in [3.8, 4) is 5.75 Å². The summed E-state index contributed by atoms with van der Waals surface area (Å²) in [4.78, 5) is 10.8. The van der Waals surface area contributed by atoms with Gasteiger partial charge in [0.2, 0.25) is 0 Å². The molecule has 0 spiro atoms. The molecule has 86 valence electrons. The van der Waals surface area contributed by atoms with E-state index < -0.39 is 0 Å². The number of Topliss-reactive ketones (excluding diaryl/α,β-unsaturated/α-hetero) is 1. The third kappa shape index (κ3) is 4.07. The van der Waals surface area contributed by atoms with Gasteiger partial charge in [-0.3, -0.25) is 0 Å². The molecule has 2 nitrogen and oxygen atoms in total. The number of ketones is 1. The predicted molar refractivity (Wildman–Crippen MR) is 67.0 cm³/mol. The Morgan fingerprint density at radius 2 is 2.25 bits per heavy atom. The highest BCUT2D eigenvalue weighted by molar-refractivity contribution is 6.30. The molecule has 0 saturated heterocycles. The summed E-state index contributed by atoms with van der Waals surface area (Å²) in [5.74, 6) is 0.978. The van der Waals surface area contributed by atoms with E-state index in [2.05, 4.69) is 0 Å². The first-order chi connectivity index (χ1) is 7.63. The van der Waals surface area contributed by atoms with Crippen LogP contribution in [0, 0.1) is 0 Å².